The number of benzene rings is 1. The first-order valence-electron chi connectivity index (χ1n) is 7.50. The Morgan fingerprint density at radius 3 is 2.76 bits per heavy atom. The number of phenolic OH excluding ortho intramolecular Hbond substituents is 2. The van der Waals surface area contributed by atoms with Crippen molar-refractivity contribution in [2.24, 2.45) is 0 Å². The van der Waals surface area contributed by atoms with Gasteiger partial charge in [0.05, 0.1) is 11.7 Å². The Bertz CT molecular complexity index is 501. The SMILES string of the molecule is CC(O)CC1CCCCCN1C(=O)c1ccc(O)cc1O. The van der Waals surface area contributed by atoms with Gasteiger partial charge in [-0.3, -0.25) is 4.79 Å². The Morgan fingerprint density at radius 2 is 2.10 bits per heavy atom. The van der Waals surface area contributed by atoms with E-state index in [1.54, 1.807) is 11.8 Å². The summed E-state index contributed by atoms with van der Waals surface area (Å²) in [5.74, 6) is -0.513. The maximum atomic E-state index is 12.7. The summed E-state index contributed by atoms with van der Waals surface area (Å²) in [6.07, 6.45) is 4.00. The number of carbonyl (C=O) groups excluding carboxylic acids is 1. The van der Waals surface area contributed by atoms with E-state index in [0.29, 0.717) is 13.0 Å². The number of likely N-dealkylation sites (tertiary alicyclic amines) is 1. The first kappa shape index (κ1) is 15.6. The van der Waals surface area contributed by atoms with Crippen LogP contribution in [0.2, 0.25) is 0 Å². The van der Waals surface area contributed by atoms with Crippen LogP contribution in [0.5, 0.6) is 11.5 Å². The van der Waals surface area contributed by atoms with Gasteiger partial charge >= 0.3 is 0 Å². The van der Waals surface area contributed by atoms with Crippen LogP contribution in [0.25, 0.3) is 0 Å². The van der Waals surface area contributed by atoms with Gasteiger partial charge in [0.25, 0.3) is 5.91 Å². The number of hydrogen-bond acceptors (Lipinski definition) is 4. The van der Waals surface area contributed by atoms with E-state index in [-0.39, 0.29) is 29.0 Å². The standard InChI is InChI=1S/C16H23NO4/c1-11(18)9-12-5-3-2-4-8-17(12)16(21)14-7-6-13(19)10-15(14)20/h6-7,10-12,18-20H,2-5,8-9H2,1H3. The molecule has 2 atom stereocenters. The predicted octanol–water partition coefficient (Wildman–Crippen LogP) is 2.25. The zero-order valence-corrected chi connectivity index (χ0v) is 12.3. The molecule has 0 aromatic heterocycles. The second-order valence-electron chi connectivity index (χ2n) is 5.79. The summed E-state index contributed by atoms with van der Waals surface area (Å²) in [5, 5.41) is 28.8. The molecule has 3 N–H and O–H groups in total. The molecule has 0 aliphatic carbocycles. The van der Waals surface area contributed by atoms with Crippen molar-refractivity contribution in [2.75, 3.05) is 6.54 Å². The quantitative estimate of drug-likeness (QED) is 0.798. The molecular weight excluding hydrogens is 270 g/mol. The molecule has 1 heterocycles. The molecule has 5 nitrogen and oxygen atoms in total. The van der Waals surface area contributed by atoms with Crippen molar-refractivity contribution in [2.45, 2.75) is 51.2 Å². The molecule has 0 saturated carbocycles. The number of carbonyl (C=O) groups is 1. The van der Waals surface area contributed by atoms with Crippen LogP contribution in [0.15, 0.2) is 18.2 Å². The second kappa shape index (κ2) is 6.80. The highest BCUT2D eigenvalue weighted by Crippen LogP contribution is 2.27. The van der Waals surface area contributed by atoms with Gasteiger partial charge in [0.15, 0.2) is 0 Å². The monoisotopic (exact) mass is 293 g/mol. The van der Waals surface area contributed by atoms with Crippen LogP contribution in [-0.4, -0.2) is 44.8 Å². The minimum absolute atomic E-state index is 0.00629. The van der Waals surface area contributed by atoms with E-state index in [4.69, 9.17) is 0 Å². The summed E-state index contributed by atoms with van der Waals surface area (Å²) in [7, 11) is 0. The molecule has 1 aliphatic rings. The molecule has 5 heteroatoms. The van der Waals surface area contributed by atoms with Crippen LogP contribution in [0.4, 0.5) is 0 Å². The second-order valence-corrected chi connectivity index (χ2v) is 5.79. The Kier molecular flexibility index (Phi) is 5.07. The van der Waals surface area contributed by atoms with Crippen molar-refractivity contribution in [3.05, 3.63) is 23.8 Å². The molecule has 1 amide bonds. The molecular formula is C16H23NO4. The first-order valence-corrected chi connectivity index (χ1v) is 7.50. The molecule has 1 aliphatic heterocycles. The van der Waals surface area contributed by atoms with Gasteiger partial charge in [0.1, 0.15) is 11.5 Å². The predicted molar refractivity (Wildman–Crippen MR) is 79.4 cm³/mol. The largest absolute Gasteiger partial charge is 0.508 e. The lowest BCUT2D eigenvalue weighted by Crippen LogP contribution is -2.41. The highest BCUT2D eigenvalue weighted by atomic mass is 16.3. The van der Waals surface area contributed by atoms with E-state index >= 15 is 0 Å². The lowest BCUT2D eigenvalue weighted by molar-refractivity contribution is 0.0604. The van der Waals surface area contributed by atoms with Gasteiger partial charge in [-0.25, -0.2) is 0 Å². The zero-order chi connectivity index (χ0) is 15.4. The van der Waals surface area contributed by atoms with Gasteiger partial charge in [0, 0.05) is 18.7 Å². The van der Waals surface area contributed by atoms with E-state index < -0.39 is 6.10 Å². The molecule has 0 radical (unpaired) electrons. The van der Waals surface area contributed by atoms with Crippen molar-refractivity contribution >= 4 is 5.91 Å². The number of nitrogens with zero attached hydrogens (tertiary/aromatic N) is 1. The Labute approximate surface area is 124 Å². The number of amides is 1. The Hall–Kier alpha value is -1.75. The van der Waals surface area contributed by atoms with Crippen molar-refractivity contribution in [3.8, 4) is 11.5 Å². The van der Waals surface area contributed by atoms with Gasteiger partial charge in [-0.1, -0.05) is 12.8 Å². The molecule has 0 bridgehead atoms. The summed E-state index contributed by atoms with van der Waals surface area (Å²) in [5.41, 5.74) is 0.199. The topological polar surface area (TPSA) is 81.0 Å². The molecule has 2 rings (SSSR count). The maximum absolute atomic E-state index is 12.7. The highest BCUT2D eigenvalue weighted by Gasteiger charge is 2.28. The lowest BCUT2D eigenvalue weighted by atomic mass is 10.0. The van der Waals surface area contributed by atoms with Crippen molar-refractivity contribution < 1.29 is 20.1 Å². The lowest BCUT2D eigenvalue weighted by Gasteiger charge is -2.31. The zero-order valence-electron chi connectivity index (χ0n) is 12.3. The number of phenols is 2. The summed E-state index contributed by atoms with van der Waals surface area (Å²) in [4.78, 5) is 14.4. The molecule has 1 aromatic rings. The van der Waals surface area contributed by atoms with Gasteiger partial charge in [-0.05, 0) is 38.3 Å². The summed E-state index contributed by atoms with van der Waals surface area (Å²) in [6, 6.07) is 4.01. The minimum Gasteiger partial charge on any atom is -0.508 e. The van der Waals surface area contributed by atoms with Crippen molar-refractivity contribution in [1.29, 1.82) is 0 Å². The fourth-order valence-corrected chi connectivity index (χ4v) is 2.94. The number of aliphatic hydroxyl groups is 1. The molecule has 1 fully saturated rings. The fraction of sp³-hybridized carbons (Fsp3) is 0.562. The third-order valence-electron chi connectivity index (χ3n) is 3.96. The van der Waals surface area contributed by atoms with Gasteiger partial charge in [-0.2, -0.15) is 0 Å². The smallest absolute Gasteiger partial charge is 0.257 e. The third kappa shape index (κ3) is 3.88. The molecule has 0 spiro atoms. The van der Waals surface area contributed by atoms with E-state index in [1.165, 1.54) is 18.2 Å². The van der Waals surface area contributed by atoms with Crippen LogP contribution in [0.1, 0.15) is 49.4 Å². The number of hydrogen-bond donors (Lipinski definition) is 3. The molecule has 1 saturated heterocycles. The number of rotatable bonds is 3. The van der Waals surface area contributed by atoms with E-state index in [1.807, 2.05) is 0 Å². The third-order valence-corrected chi connectivity index (χ3v) is 3.96. The van der Waals surface area contributed by atoms with Gasteiger partial charge in [-0.15, -0.1) is 0 Å². The molecule has 21 heavy (non-hydrogen) atoms. The maximum Gasteiger partial charge on any atom is 0.257 e. The minimum atomic E-state index is -0.461. The molecule has 1 aromatic carbocycles. The average molecular weight is 293 g/mol. The van der Waals surface area contributed by atoms with E-state index in [2.05, 4.69) is 0 Å². The van der Waals surface area contributed by atoms with Crippen molar-refractivity contribution in [1.82, 2.24) is 4.90 Å². The van der Waals surface area contributed by atoms with Crippen LogP contribution < -0.4 is 0 Å². The van der Waals surface area contributed by atoms with E-state index in [0.717, 1.165) is 25.7 Å². The van der Waals surface area contributed by atoms with E-state index in [9.17, 15) is 20.1 Å². The van der Waals surface area contributed by atoms with Crippen molar-refractivity contribution in [3.63, 3.8) is 0 Å². The van der Waals surface area contributed by atoms with Gasteiger partial charge in [0.2, 0.25) is 0 Å². The fourth-order valence-electron chi connectivity index (χ4n) is 2.94. The summed E-state index contributed by atoms with van der Waals surface area (Å²) < 4.78 is 0. The first-order chi connectivity index (χ1) is 9.99. The normalized spacial score (nSPS) is 20.9. The Morgan fingerprint density at radius 1 is 1.33 bits per heavy atom. The number of aromatic hydroxyl groups is 2. The van der Waals surface area contributed by atoms with Crippen LogP contribution in [0, 0.1) is 0 Å². The van der Waals surface area contributed by atoms with Gasteiger partial charge < -0.3 is 20.2 Å². The van der Waals surface area contributed by atoms with Crippen LogP contribution in [0.3, 0.4) is 0 Å². The average Bonchev–Trinajstić information content (AvgIpc) is 2.63. The number of aliphatic hydroxyl groups excluding tert-OH is 1. The van der Waals surface area contributed by atoms with Crippen LogP contribution in [-0.2, 0) is 0 Å². The summed E-state index contributed by atoms with van der Waals surface area (Å²) in [6.45, 7) is 2.36. The highest BCUT2D eigenvalue weighted by molar-refractivity contribution is 5.97. The summed E-state index contributed by atoms with van der Waals surface area (Å²) >= 11 is 0. The molecule has 2 unspecified atom stereocenters. The molecule has 116 valence electrons. The van der Waals surface area contributed by atoms with Crippen LogP contribution >= 0.6 is 0 Å². The Balaban J connectivity index is 2.24.